The number of halogens is 1. The minimum Gasteiger partial charge on any atom is -0.478 e. The molecule has 0 spiro atoms. The second kappa shape index (κ2) is 13.7. The molecule has 1 aliphatic carbocycles. The van der Waals surface area contributed by atoms with Crippen LogP contribution in [0.2, 0.25) is 0 Å². The maximum Gasteiger partial charge on any atom is 0.335 e. The molecule has 186 valence electrons. The summed E-state index contributed by atoms with van der Waals surface area (Å²) in [4.78, 5) is 15.1. The molecule has 0 heterocycles. The highest BCUT2D eigenvalue weighted by atomic mass is 19.0. The number of aliphatic imine (C=N–C) groups is 1. The minimum absolute atomic E-state index is 0. The van der Waals surface area contributed by atoms with Crippen molar-refractivity contribution in [1.82, 2.24) is 5.32 Å². The van der Waals surface area contributed by atoms with Gasteiger partial charge in [0.1, 0.15) is 0 Å². The van der Waals surface area contributed by atoms with Gasteiger partial charge >= 0.3 is 5.97 Å². The van der Waals surface area contributed by atoms with Crippen molar-refractivity contribution >= 4 is 17.8 Å². The summed E-state index contributed by atoms with van der Waals surface area (Å²) in [6, 6.07) is 6.68. The number of carbonyl (C=O) groups is 1. The first-order valence-corrected chi connectivity index (χ1v) is 10.9. The maximum absolute atomic E-state index is 11.2. The predicted octanol–water partition coefficient (Wildman–Crippen LogP) is 4.07. The van der Waals surface area contributed by atoms with Crippen molar-refractivity contribution in [1.29, 1.82) is 0 Å². The van der Waals surface area contributed by atoms with Crippen molar-refractivity contribution in [2.75, 3.05) is 6.54 Å². The van der Waals surface area contributed by atoms with Gasteiger partial charge in [-0.3, -0.25) is 15.0 Å². The van der Waals surface area contributed by atoms with E-state index in [1.165, 1.54) is 6.20 Å². The van der Waals surface area contributed by atoms with Gasteiger partial charge in [-0.2, -0.15) is 0 Å². The normalized spacial score (nSPS) is 18.2. The van der Waals surface area contributed by atoms with Crippen LogP contribution in [0.3, 0.4) is 0 Å². The van der Waals surface area contributed by atoms with Crippen molar-refractivity contribution in [2.24, 2.45) is 10.9 Å². The third-order valence-electron chi connectivity index (χ3n) is 5.07. The van der Waals surface area contributed by atoms with E-state index in [2.05, 4.69) is 16.9 Å². The van der Waals surface area contributed by atoms with E-state index in [1.54, 1.807) is 36.6 Å². The number of nitrogens with zero attached hydrogens (tertiary/aromatic N) is 1. The van der Waals surface area contributed by atoms with Crippen molar-refractivity contribution in [2.45, 2.75) is 51.7 Å². The molecular formula is C26H35FN2O5. The first-order valence-electron chi connectivity index (χ1n) is 10.9. The van der Waals surface area contributed by atoms with Crippen LogP contribution in [0.1, 0.15) is 49.5 Å². The Morgan fingerprint density at radius 1 is 1.29 bits per heavy atom. The Morgan fingerprint density at radius 2 is 1.97 bits per heavy atom. The molecule has 3 atom stereocenters. The Bertz CT molecular complexity index is 930. The minimum atomic E-state index is -1.13. The Balaban J connectivity index is 0.00000578. The molecule has 1 aromatic rings. The van der Waals surface area contributed by atoms with Crippen LogP contribution < -0.4 is 5.32 Å². The van der Waals surface area contributed by atoms with Gasteiger partial charge in [-0.25, -0.2) is 4.79 Å². The summed E-state index contributed by atoms with van der Waals surface area (Å²) in [6.07, 6.45) is 9.91. The van der Waals surface area contributed by atoms with Crippen LogP contribution >= 0.6 is 0 Å². The number of benzene rings is 1. The van der Waals surface area contributed by atoms with Gasteiger partial charge in [0.15, 0.2) is 0 Å². The van der Waals surface area contributed by atoms with Gasteiger partial charge in [0.25, 0.3) is 0 Å². The third-order valence-corrected chi connectivity index (χ3v) is 5.07. The second-order valence-electron chi connectivity index (χ2n) is 8.79. The molecule has 1 aliphatic rings. The second-order valence-corrected chi connectivity index (χ2v) is 8.79. The number of aliphatic hydroxyl groups excluding tert-OH is 2. The molecular weight excluding hydrogens is 439 g/mol. The average Bonchev–Trinajstić information content (AvgIpc) is 2.76. The Hall–Kier alpha value is -2.91. The van der Waals surface area contributed by atoms with E-state index in [4.69, 9.17) is 4.74 Å². The highest BCUT2D eigenvalue weighted by Crippen LogP contribution is 2.34. The zero-order valence-electron chi connectivity index (χ0n) is 19.8. The number of hydrogen-bond donors (Lipinski definition) is 4. The summed E-state index contributed by atoms with van der Waals surface area (Å²) in [6.45, 7) is 9.44. The molecule has 0 saturated heterocycles. The predicted molar refractivity (Wildman–Crippen MR) is 133 cm³/mol. The average molecular weight is 475 g/mol. The van der Waals surface area contributed by atoms with Crippen LogP contribution in [0, 0.1) is 5.92 Å². The molecule has 0 fully saturated rings. The van der Waals surface area contributed by atoms with E-state index in [0.29, 0.717) is 19.4 Å². The summed E-state index contributed by atoms with van der Waals surface area (Å²) in [5.41, 5.74) is 2.50. The van der Waals surface area contributed by atoms with Gasteiger partial charge in [-0.05, 0) is 68.5 Å². The molecule has 0 amide bonds. The van der Waals surface area contributed by atoms with Crippen LogP contribution in [0.4, 0.5) is 4.70 Å². The van der Waals surface area contributed by atoms with Gasteiger partial charge in [0, 0.05) is 24.9 Å². The first kappa shape index (κ1) is 29.1. The summed E-state index contributed by atoms with van der Waals surface area (Å²) in [5.74, 6) is -1.09. The number of ether oxygens (including phenoxy) is 1. The fraction of sp³-hybridized carbons (Fsp3) is 0.385. The van der Waals surface area contributed by atoms with E-state index >= 15 is 0 Å². The number of hydrogen-bond acceptors (Lipinski definition) is 6. The molecule has 34 heavy (non-hydrogen) atoms. The van der Waals surface area contributed by atoms with Crippen LogP contribution in [0.5, 0.6) is 0 Å². The van der Waals surface area contributed by atoms with Gasteiger partial charge < -0.3 is 20.1 Å². The quantitative estimate of drug-likeness (QED) is 0.284. The van der Waals surface area contributed by atoms with Crippen LogP contribution in [-0.4, -0.2) is 52.2 Å². The fourth-order valence-corrected chi connectivity index (χ4v) is 3.46. The zero-order chi connectivity index (χ0) is 24.4. The molecule has 1 aromatic carbocycles. The lowest BCUT2D eigenvalue weighted by molar-refractivity contribution is -0.180. The number of allylic oxidation sites excluding steroid dienone is 2. The van der Waals surface area contributed by atoms with Gasteiger partial charge in [-0.1, -0.05) is 36.9 Å². The summed E-state index contributed by atoms with van der Waals surface area (Å²) >= 11 is 0. The highest BCUT2D eigenvalue weighted by molar-refractivity contribution is 5.88. The molecule has 4 N–H and O–H groups in total. The molecule has 8 heteroatoms. The number of aliphatic hydroxyl groups is 2. The maximum atomic E-state index is 11.2. The SMILES string of the molecule is C=CN=C/C=C/CC(O)C1C=CC(CNC(O)OC(C)(C)C)=C(c2ccc(C(=O)O)cc2)C1.F. The van der Waals surface area contributed by atoms with E-state index < -0.39 is 24.1 Å². The van der Waals surface area contributed by atoms with Crippen molar-refractivity contribution in [3.63, 3.8) is 0 Å². The van der Waals surface area contributed by atoms with Crippen molar-refractivity contribution in [3.8, 4) is 0 Å². The van der Waals surface area contributed by atoms with E-state index in [-0.39, 0.29) is 16.2 Å². The fourth-order valence-electron chi connectivity index (χ4n) is 3.46. The molecule has 2 rings (SSSR count). The molecule has 0 radical (unpaired) electrons. The van der Waals surface area contributed by atoms with E-state index in [0.717, 1.165) is 16.7 Å². The molecule has 0 bridgehead atoms. The molecule has 7 nitrogen and oxygen atoms in total. The molecule has 0 aromatic heterocycles. The summed E-state index contributed by atoms with van der Waals surface area (Å²) < 4.78 is 5.51. The van der Waals surface area contributed by atoms with Gasteiger partial charge in [-0.15, -0.1) is 0 Å². The molecule has 0 aliphatic heterocycles. The van der Waals surface area contributed by atoms with Gasteiger partial charge in [0.05, 0.1) is 17.3 Å². The Morgan fingerprint density at radius 3 is 2.56 bits per heavy atom. The van der Waals surface area contributed by atoms with E-state index in [1.807, 2.05) is 39.0 Å². The number of aromatic carboxylic acids is 1. The monoisotopic (exact) mass is 474 g/mol. The lowest BCUT2D eigenvalue weighted by Gasteiger charge is -2.28. The summed E-state index contributed by atoms with van der Waals surface area (Å²) in [5, 5.41) is 33.0. The number of rotatable bonds is 11. The largest absolute Gasteiger partial charge is 0.478 e. The lowest BCUT2D eigenvalue weighted by atomic mass is 9.82. The van der Waals surface area contributed by atoms with Crippen LogP contribution in [-0.2, 0) is 4.74 Å². The van der Waals surface area contributed by atoms with E-state index in [9.17, 15) is 20.1 Å². The van der Waals surface area contributed by atoms with Crippen molar-refractivity contribution < 1.29 is 29.6 Å². The molecule has 0 saturated carbocycles. The number of carboxylic acids is 1. The smallest absolute Gasteiger partial charge is 0.335 e. The number of carboxylic acid groups (broad SMARTS) is 1. The Labute approximate surface area is 200 Å². The third kappa shape index (κ3) is 9.52. The van der Waals surface area contributed by atoms with Crippen LogP contribution in [0.25, 0.3) is 5.57 Å². The van der Waals surface area contributed by atoms with Gasteiger partial charge in [0.2, 0.25) is 6.41 Å². The molecule has 3 unspecified atom stereocenters. The lowest BCUT2D eigenvalue weighted by Crippen LogP contribution is -2.39. The van der Waals surface area contributed by atoms with Crippen molar-refractivity contribution in [3.05, 3.63) is 78.0 Å². The van der Waals surface area contributed by atoms with Crippen LogP contribution in [0.15, 0.2) is 71.9 Å². The zero-order valence-corrected chi connectivity index (χ0v) is 19.8. The number of nitrogens with one attached hydrogen (secondary N) is 1. The summed E-state index contributed by atoms with van der Waals surface area (Å²) in [7, 11) is 0. The standard InChI is InChI=1S/C26H34N2O5.FH/c1-5-27-15-7-6-8-23(29)20-13-14-21(17-28-25(32)33-26(2,3)4)22(16-20)18-9-11-19(12-10-18)24(30)31;/h5-7,9-15,20,23,25,28-29,32H,1,8,16-17H2,2-4H3,(H,30,31);1H/b7-6+,27-15?;. The first-order chi connectivity index (χ1) is 15.6. The topological polar surface area (TPSA) is 111 Å². The Kier molecular flexibility index (Phi) is 11.7. The highest BCUT2D eigenvalue weighted by Gasteiger charge is 2.24.